The van der Waals surface area contributed by atoms with Crippen molar-refractivity contribution < 1.29 is 9.15 Å². The summed E-state index contributed by atoms with van der Waals surface area (Å²) in [6.07, 6.45) is 1.61. The Bertz CT molecular complexity index is 1820. The van der Waals surface area contributed by atoms with Crippen LogP contribution in [0.25, 0.3) is 33.5 Å². The molecule has 0 aliphatic heterocycles. The van der Waals surface area contributed by atoms with Crippen molar-refractivity contribution in [3.63, 3.8) is 0 Å². The monoisotopic (exact) mass is 505 g/mol. The quantitative estimate of drug-likeness (QED) is 0.230. The van der Waals surface area contributed by atoms with Gasteiger partial charge in [-0.15, -0.1) is 0 Å². The Morgan fingerprint density at radius 3 is 2.65 bits per heavy atom. The van der Waals surface area contributed by atoms with Crippen LogP contribution in [-0.4, -0.2) is 15.9 Å². The molecule has 0 bridgehead atoms. The Balaban J connectivity index is 1.39. The smallest absolute Gasteiger partial charge is 0.282 e. The van der Waals surface area contributed by atoms with Gasteiger partial charge in [0.25, 0.3) is 5.56 Å². The Morgan fingerprint density at radius 2 is 1.76 bits per heavy atom. The van der Waals surface area contributed by atoms with Crippen LogP contribution in [0, 0.1) is 0 Å². The van der Waals surface area contributed by atoms with Crippen LogP contribution in [0.2, 0.25) is 5.02 Å². The van der Waals surface area contributed by atoms with Crippen molar-refractivity contribution >= 4 is 39.7 Å². The average Bonchev–Trinajstić information content (AvgIpc) is 3.35. The summed E-state index contributed by atoms with van der Waals surface area (Å²) in [7, 11) is 0. The van der Waals surface area contributed by atoms with E-state index in [-0.39, 0.29) is 5.56 Å². The zero-order chi connectivity index (χ0) is 25.2. The predicted octanol–water partition coefficient (Wildman–Crippen LogP) is 6.92. The third-order valence-corrected chi connectivity index (χ3v) is 6.12. The molecule has 37 heavy (non-hydrogen) atoms. The van der Waals surface area contributed by atoms with Gasteiger partial charge in [0.05, 0.1) is 17.1 Å². The van der Waals surface area contributed by atoms with Crippen LogP contribution in [0.1, 0.15) is 11.1 Å². The summed E-state index contributed by atoms with van der Waals surface area (Å²) >= 11 is 6.15. The molecule has 6 rings (SSSR count). The molecule has 0 unspecified atom stereocenters. The van der Waals surface area contributed by atoms with Crippen LogP contribution in [-0.2, 0) is 6.61 Å². The van der Waals surface area contributed by atoms with Crippen LogP contribution >= 0.6 is 11.6 Å². The first-order valence-corrected chi connectivity index (χ1v) is 12.0. The van der Waals surface area contributed by atoms with Crippen LogP contribution in [0.5, 0.6) is 5.75 Å². The Morgan fingerprint density at radius 1 is 0.919 bits per heavy atom. The summed E-state index contributed by atoms with van der Waals surface area (Å²) in [5.74, 6) is 1.41. The van der Waals surface area contributed by atoms with E-state index < -0.39 is 0 Å². The minimum atomic E-state index is -0.299. The van der Waals surface area contributed by atoms with Crippen molar-refractivity contribution in [2.24, 2.45) is 5.10 Å². The van der Waals surface area contributed by atoms with E-state index in [0.717, 1.165) is 16.5 Å². The van der Waals surface area contributed by atoms with Gasteiger partial charge in [0, 0.05) is 10.4 Å². The Kier molecular flexibility index (Phi) is 6.00. The van der Waals surface area contributed by atoms with E-state index in [2.05, 4.69) is 5.10 Å². The van der Waals surface area contributed by atoms with E-state index >= 15 is 0 Å². The molecule has 0 radical (unpaired) electrons. The number of halogens is 1. The van der Waals surface area contributed by atoms with E-state index in [0.29, 0.717) is 45.4 Å². The number of hydrogen-bond donors (Lipinski definition) is 0. The summed E-state index contributed by atoms with van der Waals surface area (Å²) in [4.78, 5) is 18.2. The first kappa shape index (κ1) is 22.8. The zero-order valence-corrected chi connectivity index (χ0v) is 20.3. The second-order valence-electron chi connectivity index (χ2n) is 8.45. The molecule has 0 amide bonds. The number of para-hydroxylation sites is 1. The summed E-state index contributed by atoms with van der Waals surface area (Å²) in [6, 6.07) is 31.8. The minimum absolute atomic E-state index is 0.295. The maximum absolute atomic E-state index is 13.5. The summed E-state index contributed by atoms with van der Waals surface area (Å²) in [6.45, 7) is 0.454. The van der Waals surface area contributed by atoms with Crippen molar-refractivity contribution in [1.82, 2.24) is 9.66 Å². The highest BCUT2D eigenvalue weighted by atomic mass is 35.5. The molecule has 0 spiro atoms. The molecular formula is C30H20ClN3O3. The fourth-order valence-electron chi connectivity index (χ4n) is 4.06. The SMILES string of the molecule is O=c1c2ccccc2nc(-c2cc3cc(Cl)ccc3o2)n1N=Cc1cccc(OCc2ccccc2)c1. The molecule has 6 aromatic rings. The molecule has 0 fully saturated rings. The molecule has 2 heterocycles. The standard InChI is InChI=1S/C30H20ClN3O3/c31-23-13-14-27-22(16-23)17-28(37-27)29-33-26-12-5-4-11-25(26)30(35)34(29)32-18-21-9-6-10-24(15-21)36-19-20-7-2-1-3-8-20/h1-18H,19H2. The highest BCUT2D eigenvalue weighted by molar-refractivity contribution is 6.31. The van der Waals surface area contributed by atoms with Crippen LogP contribution in [0.4, 0.5) is 0 Å². The number of nitrogens with zero attached hydrogens (tertiary/aromatic N) is 3. The van der Waals surface area contributed by atoms with E-state index in [1.165, 1.54) is 4.68 Å². The Hall–Kier alpha value is -4.68. The number of hydrogen-bond acceptors (Lipinski definition) is 5. The molecule has 6 nitrogen and oxygen atoms in total. The van der Waals surface area contributed by atoms with Gasteiger partial charge >= 0.3 is 0 Å². The first-order valence-electron chi connectivity index (χ1n) is 11.7. The molecule has 0 N–H and O–H groups in total. The molecule has 0 saturated heterocycles. The topological polar surface area (TPSA) is 69.6 Å². The van der Waals surface area contributed by atoms with Crippen LogP contribution in [0.15, 0.2) is 117 Å². The van der Waals surface area contributed by atoms with E-state index in [9.17, 15) is 4.79 Å². The second-order valence-corrected chi connectivity index (χ2v) is 8.89. The lowest BCUT2D eigenvalue weighted by Crippen LogP contribution is -2.20. The largest absolute Gasteiger partial charge is 0.489 e. The second kappa shape index (κ2) is 9.76. The van der Waals surface area contributed by atoms with Gasteiger partial charge in [0.2, 0.25) is 5.82 Å². The highest BCUT2D eigenvalue weighted by Gasteiger charge is 2.16. The van der Waals surface area contributed by atoms with E-state index in [1.54, 1.807) is 42.6 Å². The first-order chi connectivity index (χ1) is 18.1. The Labute approximate surface area is 217 Å². The minimum Gasteiger partial charge on any atom is -0.489 e. The molecule has 2 aromatic heterocycles. The average molecular weight is 506 g/mol. The number of fused-ring (bicyclic) bond motifs is 2. The van der Waals surface area contributed by atoms with Gasteiger partial charge in [-0.2, -0.15) is 9.78 Å². The van der Waals surface area contributed by atoms with Gasteiger partial charge in [-0.3, -0.25) is 4.79 Å². The van der Waals surface area contributed by atoms with Crippen molar-refractivity contribution in [2.45, 2.75) is 6.61 Å². The predicted molar refractivity (Wildman–Crippen MR) is 146 cm³/mol. The zero-order valence-electron chi connectivity index (χ0n) is 19.5. The van der Waals surface area contributed by atoms with Crippen LogP contribution < -0.4 is 10.3 Å². The maximum Gasteiger partial charge on any atom is 0.282 e. The number of benzene rings is 4. The molecular weight excluding hydrogens is 486 g/mol. The van der Waals surface area contributed by atoms with Crippen LogP contribution in [0.3, 0.4) is 0 Å². The van der Waals surface area contributed by atoms with Crippen molar-refractivity contribution in [3.05, 3.63) is 130 Å². The van der Waals surface area contributed by atoms with Gasteiger partial charge in [0.1, 0.15) is 17.9 Å². The van der Waals surface area contributed by atoms with Gasteiger partial charge in [-0.05, 0) is 59.7 Å². The molecule has 0 aliphatic rings. The molecule has 7 heteroatoms. The third-order valence-electron chi connectivity index (χ3n) is 5.88. The lowest BCUT2D eigenvalue weighted by Gasteiger charge is -2.08. The fraction of sp³-hybridized carbons (Fsp3) is 0.0333. The van der Waals surface area contributed by atoms with Gasteiger partial charge in [-0.25, -0.2) is 4.98 Å². The van der Waals surface area contributed by atoms with Gasteiger partial charge in [-0.1, -0.05) is 66.2 Å². The summed E-state index contributed by atoms with van der Waals surface area (Å²) < 4.78 is 13.2. The molecule has 180 valence electrons. The number of rotatable bonds is 6. The van der Waals surface area contributed by atoms with Crippen molar-refractivity contribution in [2.75, 3.05) is 0 Å². The van der Waals surface area contributed by atoms with Crippen molar-refractivity contribution in [1.29, 1.82) is 0 Å². The van der Waals surface area contributed by atoms with Gasteiger partial charge < -0.3 is 9.15 Å². The summed E-state index contributed by atoms with van der Waals surface area (Å²) in [5.41, 5.74) is 2.75. The van der Waals surface area contributed by atoms with E-state index in [4.69, 9.17) is 25.7 Å². The molecule has 4 aromatic carbocycles. The molecule has 0 saturated carbocycles. The third kappa shape index (κ3) is 4.75. The van der Waals surface area contributed by atoms with Gasteiger partial charge in [0.15, 0.2) is 5.76 Å². The number of aromatic nitrogens is 2. The number of furan rings is 1. The maximum atomic E-state index is 13.5. The van der Waals surface area contributed by atoms with E-state index in [1.807, 2.05) is 66.7 Å². The molecule has 0 atom stereocenters. The number of ether oxygens (including phenoxy) is 1. The lowest BCUT2D eigenvalue weighted by atomic mass is 10.2. The lowest BCUT2D eigenvalue weighted by molar-refractivity contribution is 0.306. The summed E-state index contributed by atoms with van der Waals surface area (Å²) in [5, 5.41) is 6.39. The fourth-order valence-corrected chi connectivity index (χ4v) is 4.25. The molecule has 0 aliphatic carbocycles. The highest BCUT2D eigenvalue weighted by Crippen LogP contribution is 2.29. The van der Waals surface area contributed by atoms with Crippen molar-refractivity contribution in [3.8, 4) is 17.3 Å². The normalized spacial score (nSPS) is 11.5.